The Kier molecular flexibility index (Phi) is 2.59. The van der Waals surface area contributed by atoms with Gasteiger partial charge in [-0.3, -0.25) is 0 Å². The SMILES string of the molecule is Cc1c(Cl)ccc2c1NC1CCCCC1C2. The van der Waals surface area contributed by atoms with Gasteiger partial charge in [-0.15, -0.1) is 0 Å². The summed E-state index contributed by atoms with van der Waals surface area (Å²) in [5, 5.41) is 4.61. The molecule has 1 aromatic rings. The van der Waals surface area contributed by atoms with Gasteiger partial charge in [0, 0.05) is 16.8 Å². The van der Waals surface area contributed by atoms with E-state index >= 15 is 0 Å². The first-order valence-electron chi connectivity index (χ1n) is 6.30. The van der Waals surface area contributed by atoms with Crippen molar-refractivity contribution in [3.05, 3.63) is 28.3 Å². The van der Waals surface area contributed by atoms with E-state index in [0.29, 0.717) is 6.04 Å². The van der Waals surface area contributed by atoms with E-state index in [2.05, 4.69) is 18.3 Å². The summed E-state index contributed by atoms with van der Waals surface area (Å²) in [7, 11) is 0. The average molecular weight is 236 g/mol. The summed E-state index contributed by atoms with van der Waals surface area (Å²) in [4.78, 5) is 0. The van der Waals surface area contributed by atoms with Crippen molar-refractivity contribution in [3.63, 3.8) is 0 Å². The number of hydrogen-bond acceptors (Lipinski definition) is 1. The molecule has 1 heterocycles. The van der Waals surface area contributed by atoms with E-state index in [0.717, 1.165) is 10.9 Å². The lowest BCUT2D eigenvalue weighted by Gasteiger charge is -2.38. The van der Waals surface area contributed by atoms with E-state index in [-0.39, 0.29) is 0 Å². The Balaban J connectivity index is 1.98. The smallest absolute Gasteiger partial charge is 0.0455 e. The Morgan fingerprint density at radius 1 is 1.25 bits per heavy atom. The summed E-state index contributed by atoms with van der Waals surface area (Å²) in [6.07, 6.45) is 6.74. The molecule has 2 atom stereocenters. The number of fused-ring (bicyclic) bond motifs is 2. The number of rotatable bonds is 0. The summed E-state index contributed by atoms with van der Waals surface area (Å²) in [6.45, 7) is 2.12. The van der Waals surface area contributed by atoms with Crippen LogP contribution in [0.3, 0.4) is 0 Å². The van der Waals surface area contributed by atoms with Crippen LogP contribution in [0.2, 0.25) is 5.02 Å². The number of anilines is 1. The Labute approximate surface area is 102 Å². The van der Waals surface area contributed by atoms with Crippen LogP contribution >= 0.6 is 11.6 Å². The maximum atomic E-state index is 6.18. The number of nitrogens with one attached hydrogen (secondary N) is 1. The predicted molar refractivity (Wildman–Crippen MR) is 69.3 cm³/mol. The van der Waals surface area contributed by atoms with Gasteiger partial charge >= 0.3 is 0 Å². The molecule has 3 rings (SSSR count). The van der Waals surface area contributed by atoms with Gasteiger partial charge in [0.15, 0.2) is 0 Å². The third-order valence-electron chi connectivity index (χ3n) is 4.21. The molecule has 16 heavy (non-hydrogen) atoms. The van der Waals surface area contributed by atoms with Gasteiger partial charge in [0.1, 0.15) is 0 Å². The molecule has 1 aromatic carbocycles. The molecule has 0 bridgehead atoms. The van der Waals surface area contributed by atoms with Crippen LogP contribution in [0.25, 0.3) is 0 Å². The molecule has 0 saturated heterocycles. The van der Waals surface area contributed by atoms with Crippen LogP contribution < -0.4 is 5.32 Å². The molecule has 0 aromatic heterocycles. The maximum Gasteiger partial charge on any atom is 0.0455 e. The van der Waals surface area contributed by atoms with Gasteiger partial charge < -0.3 is 5.32 Å². The highest BCUT2D eigenvalue weighted by Crippen LogP contribution is 2.39. The minimum Gasteiger partial charge on any atom is -0.382 e. The molecule has 0 amide bonds. The second-order valence-corrected chi connectivity index (χ2v) is 5.61. The van der Waals surface area contributed by atoms with Crippen molar-refractivity contribution in [2.75, 3.05) is 5.32 Å². The minimum atomic E-state index is 0.693. The zero-order valence-corrected chi connectivity index (χ0v) is 10.5. The molecule has 1 N–H and O–H groups in total. The van der Waals surface area contributed by atoms with E-state index in [1.807, 2.05) is 6.07 Å². The number of hydrogen-bond donors (Lipinski definition) is 1. The molecule has 2 unspecified atom stereocenters. The summed E-state index contributed by atoms with van der Waals surface area (Å²) >= 11 is 6.18. The lowest BCUT2D eigenvalue weighted by atomic mass is 9.77. The molecule has 1 fully saturated rings. The Hall–Kier alpha value is -0.690. The zero-order valence-electron chi connectivity index (χ0n) is 9.72. The zero-order chi connectivity index (χ0) is 11.1. The summed E-state index contributed by atoms with van der Waals surface area (Å²) in [6, 6.07) is 4.93. The van der Waals surface area contributed by atoms with E-state index in [1.165, 1.54) is 48.9 Å². The van der Waals surface area contributed by atoms with Crippen molar-refractivity contribution < 1.29 is 0 Å². The van der Waals surface area contributed by atoms with Crippen LogP contribution in [-0.4, -0.2) is 6.04 Å². The van der Waals surface area contributed by atoms with Gasteiger partial charge in [0.2, 0.25) is 0 Å². The van der Waals surface area contributed by atoms with Crippen molar-refractivity contribution in [2.45, 2.75) is 45.1 Å². The first-order valence-corrected chi connectivity index (χ1v) is 6.68. The molecular formula is C14H18ClN. The molecule has 1 aliphatic carbocycles. The van der Waals surface area contributed by atoms with Gasteiger partial charge in [-0.25, -0.2) is 0 Å². The van der Waals surface area contributed by atoms with Gasteiger partial charge in [-0.2, -0.15) is 0 Å². The first kappa shape index (κ1) is 10.5. The molecule has 0 spiro atoms. The number of benzene rings is 1. The van der Waals surface area contributed by atoms with Crippen LogP contribution in [-0.2, 0) is 6.42 Å². The van der Waals surface area contributed by atoms with Crippen LogP contribution in [0.5, 0.6) is 0 Å². The molecule has 2 aliphatic rings. The summed E-state index contributed by atoms with van der Waals surface area (Å²) in [5.41, 5.74) is 4.00. The largest absolute Gasteiger partial charge is 0.382 e. The van der Waals surface area contributed by atoms with Crippen molar-refractivity contribution in [1.29, 1.82) is 0 Å². The highest BCUT2D eigenvalue weighted by atomic mass is 35.5. The van der Waals surface area contributed by atoms with Gasteiger partial charge in [0.05, 0.1) is 0 Å². The Bertz CT molecular complexity index is 413. The van der Waals surface area contributed by atoms with Crippen LogP contribution in [0.1, 0.15) is 36.8 Å². The lowest BCUT2D eigenvalue weighted by molar-refractivity contribution is 0.315. The van der Waals surface area contributed by atoms with Crippen molar-refractivity contribution in [2.24, 2.45) is 5.92 Å². The topological polar surface area (TPSA) is 12.0 Å². The fourth-order valence-corrected chi connectivity index (χ4v) is 3.38. The average Bonchev–Trinajstić information content (AvgIpc) is 2.32. The normalized spacial score (nSPS) is 27.9. The molecule has 2 heteroatoms. The van der Waals surface area contributed by atoms with Crippen molar-refractivity contribution >= 4 is 17.3 Å². The fourth-order valence-electron chi connectivity index (χ4n) is 3.22. The summed E-state index contributed by atoms with van der Waals surface area (Å²) in [5.74, 6) is 0.849. The first-order chi connectivity index (χ1) is 7.75. The highest BCUT2D eigenvalue weighted by Gasteiger charge is 2.30. The lowest BCUT2D eigenvalue weighted by Crippen LogP contribution is -2.37. The van der Waals surface area contributed by atoms with E-state index in [1.54, 1.807) is 0 Å². The molecule has 1 nitrogen and oxygen atoms in total. The molecule has 1 saturated carbocycles. The third-order valence-corrected chi connectivity index (χ3v) is 4.62. The van der Waals surface area contributed by atoms with Gasteiger partial charge in [0.25, 0.3) is 0 Å². The Morgan fingerprint density at radius 3 is 2.94 bits per heavy atom. The molecular weight excluding hydrogens is 218 g/mol. The molecule has 86 valence electrons. The maximum absolute atomic E-state index is 6.18. The van der Waals surface area contributed by atoms with E-state index < -0.39 is 0 Å². The molecule has 0 radical (unpaired) electrons. The quantitative estimate of drug-likeness (QED) is 0.712. The van der Waals surface area contributed by atoms with E-state index in [9.17, 15) is 0 Å². The molecule has 1 aliphatic heterocycles. The van der Waals surface area contributed by atoms with Crippen LogP contribution in [0.15, 0.2) is 12.1 Å². The third kappa shape index (κ3) is 1.62. The fraction of sp³-hybridized carbons (Fsp3) is 0.571. The highest BCUT2D eigenvalue weighted by molar-refractivity contribution is 6.31. The Morgan fingerprint density at radius 2 is 2.06 bits per heavy atom. The van der Waals surface area contributed by atoms with Gasteiger partial charge in [-0.1, -0.05) is 30.5 Å². The predicted octanol–water partition coefficient (Wildman–Crippen LogP) is 4.18. The van der Waals surface area contributed by atoms with Crippen LogP contribution in [0.4, 0.5) is 5.69 Å². The van der Waals surface area contributed by atoms with Crippen LogP contribution in [0, 0.1) is 12.8 Å². The van der Waals surface area contributed by atoms with Crippen molar-refractivity contribution in [3.8, 4) is 0 Å². The second-order valence-electron chi connectivity index (χ2n) is 5.21. The number of halogens is 1. The monoisotopic (exact) mass is 235 g/mol. The summed E-state index contributed by atoms with van der Waals surface area (Å²) < 4.78 is 0. The minimum absolute atomic E-state index is 0.693. The van der Waals surface area contributed by atoms with Crippen molar-refractivity contribution in [1.82, 2.24) is 0 Å². The van der Waals surface area contributed by atoms with Gasteiger partial charge in [-0.05, 0) is 49.3 Å². The standard InChI is InChI=1S/C14H18ClN/c1-9-12(15)7-6-11-8-10-4-2-3-5-13(10)16-14(9)11/h6-7,10,13,16H,2-5,8H2,1H3. The second kappa shape index (κ2) is 3.96. The van der Waals surface area contributed by atoms with E-state index in [4.69, 9.17) is 11.6 Å².